The monoisotopic (exact) mass is 288 g/mol. The molecule has 0 saturated heterocycles. The van der Waals surface area contributed by atoms with Crippen molar-refractivity contribution in [2.24, 2.45) is 5.92 Å². The van der Waals surface area contributed by atoms with Crippen LogP contribution >= 0.6 is 0 Å². The molecule has 21 heavy (non-hydrogen) atoms. The predicted octanol–water partition coefficient (Wildman–Crippen LogP) is 1.40. The fraction of sp³-hybridized carbons (Fsp3) is 0.400. The number of carbonyl (C=O) groups is 1. The minimum atomic E-state index is -0.274. The average Bonchev–Trinajstić information content (AvgIpc) is 2.97. The lowest BCUT2D eigenvalue weighted by Crippen LogP contribution is -2.39. The van der Waals surface area contributed by atoms with Gasteiger partial charge < -0.3 is 10.4 Å². The van der Waals surface area contributed by atoms with Crippen molar-refractivity contribution in [2.45, 2.75) is 26.3 Å². The maximum Gasteiger partial charge on any atom is 0.273 e. The summed E-state index contributed by atoms with van der Waals surface area (Å²) >= 11 is 0. The molecule has 0 aliphatic heterocycles. The number of hydrogen-bond donors (Lipinski definition) is 2. The van der Waals surface area contributed by atoms with Crippen LogP contribution in [0.25, 0.3) is 5.69 Å². The Morgan fingerprint density at radius 3 is 2.67 bits per heavy atom. The van der Waals surface area contributed by atoms with Crippen molar-refractivity contribution < 1.29 is 9.90 Å². The third kappa shape index (κ3) is 3.88. The van der Waals surface area contributed by atoms with Gasteiger partial charge in [0.2, 0.25) is 0 Å². The number of nitrogens with zero attached hydrogens (tertiary/aromatic N) is 3. The van der Waals surface area contributed by atoms with Gasteiger partial charge in [0.25, 0.3) is 5.91 Å². The first-order valence-electron chi connectivity index (χ1n) is 7.01. The fourth-order valence-electron chi connectivity index (χ4n) is 2.03. The van der Waals surface area contributed by atoms with E-state index in [0.29, 0.717) is 6.42 Å². The second kappa shape index (κ2) is 6.99. The lowest BCUT2D eigenvalue weighted by atomic mass is 10.0. The van der Waals surface area contributed by atoms with Gasteiger partial charge in [0.15, 0.2) is 5.69 Å². The topological polar surface area (TPSA) is 80.0 Å². The summed E-state index contributed by atoms with van der Waals surface area (Å²) in [6, 6.07) is 9.40. The molecule has 2 rings (SSSR count). The Labute approximate surface area is 123 Å². The SMILES string of the molecule is CC(C)C(CCO)NC(=O)c1cn(-c2ccccc2)nn1. The molecule has 0 radical (unpaired) electrons. The summed E-state index contributed by atoms with van der Waals surface area (Å²) < 4.78 is 1.56. The number of para-hydroxylation sites is 1. The number of aliphatic hydroxyl groups excluding tert-OH is 1. The van der Waals surface area contributed by atoms with Crippen LogP contribution in [0.2, 0.25) is 0 Å². The van der Waals surface area contributed by atoms with Crippen molar-refractivity contribution >= 4 is 5.91 Å². The first-order chi connectivity index (χ1) is 10.1. The Hall–Kier alpha value is -2.21. The number of amides is 1. The summed E-state index contributed by atoms with van der Waals surface area (Å²) in [6.45, 7) is 4.04. The van der Waals surface area contributed by atoms with Gasteiger partial charge in [0.1, 0.15) is 0 Å². The molecule has 1 atom stereocenters. The van der Waals surface area contributed by atoms with Gasteiger partial charge in [-0.1, -0.05) is 37.3 Å². The third-order valence-corrected chi connectivity index (χ3v) is 3.31. The maximum absolute atomic E-state index is 12.2. The minimum absolute atomic E-state index is 0.0415. The number of benzene rings is 1. The summed E-state index contributed by atoms with van der Waals surface area (Å²) in [5.74, 6) is -0.0328. The first kappa shape index (κ1) is 15.2. The molecular formula is C15H20N4O2. The van der Waals surface area contributed by atoms with Crippen molar-refractivity contribution in [2.75, 3.05) is 6.61 Å². The van der Waals surface area contributed by atoms with E-state index in [-0.39, 0.29) is 30.2 Å². The van der Waals surface area contributed by atoms with Gasteiger partial charge in [0.05, 0.1) is 11.9 Å². The lowest BCUT2D eigenvalue weighted by molar-refractivity contribution is 0.0911. The van der Waals surface area contributed by atoms with Crippen molar-refractivity contribution in [3.05, 3.63) is 42.2 Å². The van der Waals surface area contributed by atoms with E-state index in [4.69, 9.17) is 5.11 Å². The van der Waals surface area contributed by atoms with Crippen LogP contribution in [0.5, 0.6) is 0 Å². The molecule has 112 valence electrons. The van der Waals surface area contributed by atoms with Crippen molar-refractivity contribution in [3.8, 4) is 5.69 Å². The normalized spacial score (nSPS) is 12.4. The van der Waals surface area contributed by atoms with Crippen LogP contribution in [-0.4, -0.2) is 38.7 Å². The summed E-state index contributed by atoms with van der Waals surface area (Å²) in [7, 11) is 0. The van der Waals surface area contributed by atoms with Gasteiger partial charge in [0, 0.05) is 12.6 Å². The Morgan fingerprint density at radius 1 is 1.33 bits per heavy atom. The highest BCUT2D eigenvalue weighted by Crippen LogP contribution is 2.08. The highest BCUT2D eigenvalue weighted by atomic mass is 16.3. The van der Waals surface area contributed by atoms with Crippen LogP contribution in [0, 0.1) is 5.92 Å². The number of carbonyl (C=O) groups excluding carboxylic acids is 1. The molecule has 0 spiro atoms. The highest BCUT2D eigenvalue weighted by molar-refractivity contribution is 5.92. The van der Waals surface area contributed by atoms with Gasteiger partial charge in [-0.2, -0.15) is 0 Å². The summed E-state index contributed by atoms with van der Waals surface area (Å²) in [5, 5.41) is 19.8. The molecule has 1 aromatic carbocycles. The van der Waals surface area contributed by atoms with Crippen molar-refractivity contribution in [1.82, 2.24) is 20.3 Å². The van der Waals surface area contributed by atoms with E-state index in [1.54, 1.807) is 10.9 Å². The summed E-state index contributed by atoms with van der Waals surface area (Å²) in [5.41, 5.74) is 1.11. The standard InChI is InChI=1S/C15H20N4O2/c1-11(2)13(8-9-20)16-15(21)14-10-19(18-17-14)12-6-4-3-5-7-12/h3-7,10-11,13,20H,8-9H2,1-2H3,(H,16,21). The molecule has 1 unspecified atom stereocenters. The van der Waals surface area contributed by atoms with Gasteiger partial charge in [-0.3, -0.25) is 4.79 Å². The van der Waals surface area contributed by atoms with Crippen LogP contribution in [-0.2, 0) is 0 Å². The molecule has 0 saturated carbocycles. The number of aliphatic hydroxyl groups is 1. The van der Waals surface area contributed by atoms with E-state index in [2.05, 4.69) is 15.6 Å². The number of rotatable bonds is 6. The smallest absolute Gasteiger partial charge is 0.273 e. The molecule has 0 aliphatic rings. The molecule has 1 aromatic heterocycles. The Kier molecular flexibility index (Phi) is 5.05. The van der Waals surface area contributed by atoms with Gasteiger partial charge in [-0.15, -0.1) is 5.10 Å². The number of hydrogen-bond acceptors (Lipinski definition) is 4. The van der Waals surface area contributed by atoms with E-state index < -0.39 is 0 Å². The summed E-state index contributed by atoms with van der Waals surface area (Å²) in [6.07, 6.45) is 2.12. The van der Waals surface area contributed by atoms with Crippen molar-refractivity contribution in [3.63, 3.8) is 0 Å². The van der Waals surface area contributed by atoms with Gasteiger partial charge in [-0.05, 0) is 24.5 Å². The Bertz CT molecular complexity index is 580. The second-order valence-electron chi connectivity index (χ2n) is 5.22. The number of nitrogens with one attached hydrogen (secondary N) is 1. The van der Waals surface area contributed by atoms with Crippen LogP contribution in [0.15, 0.2) is 36.5 Å². The zero-order valence-corrected chi connectivity index (χ0v) is 12.2. The van der Waals surface area contributed by atoms with E-state index in [0.717, 1.165) is 5.69 Å². The van der Waals surface area contributed by atoms with Gasteiger partial charge in [-0.25, -0.2) is 4.68 Å². The summed E-state index contributed by atoms with van der Waals surface area (Å²) in [4.78, 5) is 12.2. The second-order valence-corrected chi connectivity index (χ2v) is 5.22. The van der Waals surface area contributed by atoms with Crippen LogP contribution in [0.1, 0.15) is 30.8 Å². The Morgan fingerprint density at radius 2 is 2.05 bits per heavy atom. The predicted molar refractivity (Wildman–Crippen MR) is 79.2 cm³/mol. The molecule has 0 bridgehead atoms. The molecule has 6 heteroatoms. The fourth-order valence-corrected chi connectivity index (χ4v) is 2.03. The van der Waals surface area contributed by atoms with Crippen LogP contribution in [0.3, 0.4) is 0 Å². The van der Waals surface area contributed by atoms with E-state index in [9.17, 15) is 4.79 Å². The third-order valence-electron chi connectivity index (χ3n) is 3.31. The lowest BCUT2D eigenvalue weighted by Gasteiger charge is -2.20. The molecule has 0 aliphatic carbocycles. The van der Waals surface area contributed by atoms with Crippen LogP contribution in [0.4, 0.5) is 0 Å². The molecular weight excluding hydrogens is 268 g/mol. The average molecular weight is 288 g/mol. The quantitative estimate of drug-likeness (QED) is 0.842. The first-order valence-corrected chi connectivity index (χ1v) is 7.01. The zero-order chi connectivity index (χ0) is 15.2. The van der Waals surface area contributed by atoms with Crippen LogP contribution < -0.4 is 5.32 Å². The minimum Gasteiger partial charge on any atom is -0.396 e. The van der Waals surface area contributed by atoms with Gasteiger partial charge >= 0.3 is 0 Å². The maximum atomic E-state index is 12.2. The van der Waals surface area contributed by atoms with E-state index in [1.807, 2.05) is 44.2 Å². The zero-order valence-electron chi connectivity index (χ0n) is 12.2. The molecule has 2 N–H and O–H groups in total. The largest absolute Gasteiger partial charge is 0.396 e. The Balaban J connectivity index is 2.08. The molecule has 1 heterocycles. The number of aromatic nitrogens is 3. The van der Waals surface area contributed by atoms with Crippen molar-refractivity contribution in [1.29, 1.82) is 0 Å². The molecule has 1 amide bonds. The molecule has 0 fully saturated rings. The molecule has 2 aromatic rings. The van der Waals surface area contributed by atoms with E-state index in [1.165, 1.54) is 0 Å². The van der Waals surface area contributed by atoms with E-state index >= 15 is 0 Å². The highest BCUT2D eigenvalue weighted by Gasteiger charge is 2.18. The molecule has 6 nitrogen and oxygen atoms in total.